The zero-order chi connectivity index (χ0) is 11.9. The van der Waals surface area contributed by atoms with Gasteiger partial charge in [0.25, 0.3) is 11.8 Å². The minimum Gasteiger partial charge on any atom is -0.311 e. The summed E-state index contributed by atoms with van der Waals surface area (Å²) in [5.74, 6) is -0.558. The molecule has 0 radical (unpaired) electrons. The van der Waals surface area contributed by atoms with Crippen molar-refractivity contribution in [2.24, 2.45) is 5.73 Å². The van der Waals surface area contributed by atoms with Gasteiger partial charge in [0.05, 0.1) is 17.3 Å². The molecule has 1 atom stereocenters. The van der Waals surface area contributed by atoms with Crippen LogP contribution in [0.3, 0.4) is 0 Å². The molecule has 0 saturated heterocycles. The summed E-state index contributed by atoms with van der Waals surface area (Å²) < 4.78 is 0. The fourth-order valence-electron chi connectivity index (χ4n) is 2.04. The quantitative estimate of drug-likeness (QED) is 0.757. The molecular formula is C12H14N2O2. The van der Waals surface area contributed by atoms with Crippen molar-refractivity contribution in [3.8, 4) is 0 Å². The van der Waals surface area contributed by atoms with Crippen LogP contribution in [-0.4, -0.2) is 22.9 Å². The van der Waals surface area contributed by atoms with Crippen molar-refractivity contribution in [3.63, 3.8) is 0 Å². The van der Waals surface area contributed by atoms with Gasteiger partial charge in [-0.15, -0.1) is 0 Å². The van der Waals surface area contributed by atoms with E-state index in [1.807, 2.05) is 13.0 Å². The molecule has 16 heavy (non-hydrogen) atoms. The Morgan fingerprint density at radius 1 is 1.31 bits per heavy atom. The first-order chi connectivity index (χ1) is 7.57. The number of benzene rings is 1. The van der Waals surface area contributed by atoms with Crippen molar-refractivity contribution < 1.29 is 9.59 Å². The lowest BCUT2D eigenvalue weighted by molar-refractivity contribution is 0.0601. The molecule has 0 aliphatic carbocycles. The van der Waals surface area contributed by atoms with Crippen LogP contribution in [0.2, 0.25) is 0 Å². The molecule has 1 aromatic rings. The molecule has 0 bridgehead atoms. The summed E-state index contributed by atoms with van der Waals surface area (Å²) in [5.41, 5.74) is 7.53. The van der Waals surface area contributed by atoms with Gasteiger partial charge in [-0.05, 0) is 25.0 Å². The summed E-state index contributed by atoms with van der Waals surface area (Å²) in [5, 5.41) is 0. The second kappa shape index (κ2) is 3.72. The third kappa shape index (κ3) is 1.34. The number of rotatable bonds is 2. The number of carbonyl (C=O) groups excluding carboxylic acids is 2. The van der Waals surface area contributed by atoms with E-state index in [2.05, 4.69) is 0 Å². The van der Waals surface area contributed by atoms with Crippen LogP contribution >= 0.6 is 0 Å². The van der Waals surface area contributed by atoms with Gasteiger partial charge in [0, 0.05) is 0 Å². The summed E-state index contributed by atoms with van der Waals surface area (Å²) in [4.78, 5) is 25.1. The van der Waals surface area contributed by atoms with Crippen molar-refractivity contribution in [2.75, 3.05) is 0 Å². The lowest BCUT2D eigenvalue weighted by Crippen LogP contribution is -2.43. The van der Waals surface area contributed by atoms with E-state index < -0.39 is 6.17 Å². The lowest BCUT2D eigenvalue weighted by Gasteiger charge is -2.17. The minimum absolute atomic E-state index is 0.271. The zero-order valence-corrected chi connectivity index (χ0v) is 9.36. The van der Waals surface area contributed by atoms with Crippen LogP contribution in [0, 0.1) is 0 Å². The highest BCUT2D eigenvalue weighted by molar-refractivity contribution is 6.22. The molecular weight excluding hydrogens is 204 g/mol. The molecule has 0 fully saturated rings. The van der Waals surface area contributed by atoms with Crippen LogP contribution < -0.4 is 5.73 Å². The van der Waals surface area contributed by atoms with Gasteiger partial charge in [0.15, 0.2) is 0 Å². The third-order valence-corrected chi connectivity index (χ3v) is 2.82. The van der Waals surface area contributed by atoms with Gasteiger partial charge in [0.1, 0.15) is 0 Å². The van der Waals surface area contributed by atoms with Crippen molar-refractivity contribution >= 4 is 11.8 Å². The molecule has 2 N–H and O–H groups in total. The first-order valence-corrected chi connectivity index (χ1v) is 5.33. The molecule has 1 heterocycles. The normalized spacial score (nSPS) is 16.6. The Balaban J connectivity index is 2.60. The maximum absolute atomic E-state index is 12.1. The van der Waals surface area contributed by atoms with E-state index in [4.69, 9.17) is 5.73 Å². The highest BCUT2D eigenvalue weighted by Gasteiger charge is 2.38. The predicted octanol–water partition coefficient (Wildman–Crippen LogP) is 1.15. The van der Waals surface area contributed by atoms with E-state index in [1.165, 1.54) is 0 Å². The minimum atomic E-state index is -0.586. The van der Waals surface area contributed by atoms with Crippen LogP contribution in [0.5, 0.6) is 0 Å². The van der Waals surface area contributed by atoms with E-state index in [1.54, 1.807) is 19.1 Å². The molecule has 1 aromatic carbocycles. The van der Waals surface area contributed by atoms with Crippen molar-refractivity contribution in [1.29, 1.82) is 0 Å². The third-order valence-electron chi connectivity index (χ3n) is 2.82. The standard InChI is InChI=1S/C12H14N2O2/c1-3-8-5-4-6-9-10(8)12(16)14(7(2)13)11(9)15/h4-7H,3,13H2,1-2H3/t7-/m0/s1. The van der Waals surface area contributed by atoms with Gasteiger partial charge in [-0.3, -0.25) is 14.5 Å². The number of imide groups is 1. The van der Waals surface area contributed by atoms with Crippen LogP contribution in [0.15, 0.2) is 18.2 Å². The number of nitrogens with zero attached hydrogens (tertiary/aromatic N) is 1. The van der Waals surface area contributed by atoms with Crippen LogP contribution in [-0.2, 0) is 6.42 Å². The SMILES string of the molecule is CCc1cccc2c1C(=O)N([C@@H](C)N)C2=O. The molecule has 0 spiro atoms. The molecule has 2 rings (SSSR count). The van der Waals surface area contributed by atoms with Gasteiger partial charge in [0.2, 0.25) is 0 Å². The second-order valence-electron chi connectivity index (χ2n) is 3.91. The molecule has 1 aliphatic rings. The first-order valence-electron chi connectivity index (χ1n) is 5.33. The summed E-state index contributed by atoms with van der Waals surface area (Å²) in [6.45, 7) is 3.59. The molecule has 0 unspecified atom stereocenters. The van der Waals surface area contributed by atoms with E-state index in [9.17, 15) is 9.59 Å². The lowest BCUT2D eigenvalue weighted by atomic mass is 10.0. The summed E-state index contributed by atoms with van der Waals surface area (Å²) in [6.07, 6.45) is 0.145. The Labute approximate surface area is 94.0 Å². The molecule has 4 nitrogen and oxygen atoms in total. The number of carbonyl (C=O) groups is 2. The summed E-state index contributed by atoms with van der Waals surface area (Å²) in [6, 6.07) is 5.35. The van der Waals surface area contributed by atoms with Gasteiger partial charge in [-0.25, -0.2) is 0 Å². The first kappa shape index (κ1) is 10.8. The Bertz CT molecular complexity index is 466. The fraction of sp³-hybridized carbons (Fsp3) is 0.333. The van der Waals surface area contributed by atoms with E-state index in [0.29, 0.717) is 11.1 Å². The largest absolute Gasteiger partial charge is 0.311 e. The Hall–Kier alpha value is -1.68. The van der Waals surface area contributed by atoms with Gasteiger partial charge in [-0.1, -0.05) is 19.1 Å². The van der Waals surface area contributed by atoms with Crippen molar-refractivity contribution in [2.45, 2.75) is 26.4 Å². The van der Waals surface area contributed by atoms with Gasteiger partial charge >= 0.3 is 0 Å². The molecule has 2 amide bonds. The molecule has 1 aliphatic heterocycles. The number of nitrogens with two attached hydrogens (primary N) is 1. The van der Waals surface area contributed by atoms with Crippen LogP contribution in [0.25, 0.3) is 0 Å². The zero-order valence-electron chi connectivity index (χ0n) is 9.36. The molecule has 0 aromatic heterocycles. The number of hydrogen-bond donors (Lipinski definition) is 1. The number of aryl methyl sites for hydroxylation is 1. The van der Waals surface area contributed by atoms with Crippen molar-refractivity contribution in [1.82, 2.24) is 4.90 Å². The van der Waals surface area contributed by atoms with Crippen LogP contribution in [0.4, 0.5) is 0 Å². The molecule has 84 valence electrons. The Morgan fingerprint density at radius 3 is 2.56 bits per heavy atom. The maximum Gasteiger partial charge on any atom is 0.263 e. The Morgan fingerprint density at radius 2 is 2.00 bits per heavy atom. The molecule has 4 heteroatoms. The van der Waals surface area contributed by atoms with E-state index >= 15 is 0 Å². The smallest absolute Gasteiger partial charge is 0.263 e. The average Bonchev–Trinajstić information content (AvgIpc) is 2.51. The monoisotopic (exact) mass is 218 g/mol. The number of fused-ring (bicyclic) bond motifs is 1. The summed E-state index contributed by atoms with van der Waals surface area (Å²) >= 11 is 0. The number of amides is 2. The Kier molecular flexibility index (Phi) is 2.52. The highest BCUT2D eigenvalue weighted by atomic mass is 16.2. The highest BCUT2D eigenvalue weighted by Crippen LogP contribution is 2.26. The maximum atomic E-state index is 12.1. The summed E-state index contributed by atoms with van der Waals surface area (Å²) in [7, 11) is 0. The topological polar surface area (TPSA) is 63.4 Å². The average molecular weight is 218 g/mol. The van der Waals surface area contributed by atoms with Gasteiger partial charge in [-0.2, -0.15) is 0 Å². The van der Waals surface area contributed by atoms with E-state index in [-0.39, 0.29) is 11.8 Å². The molecule has 0 saturated carbocycles. The number of hydrogen-bond acceptors (Lipinski definition) is 3. The van der Waals surface area contributed by atoms with Crippen molar-refractivity contribution in [3.05, 3.63) is 34.9 Å². The van der Waals surface area contributed by atoms with Gasteiger partial charge < -0.3 is 5.73 Å². The fourth-order valence-corrected chi connectivity index (χ4v) is 2.04. The van der Waals surface area contributed by atoms with E-state index in [0.717, 1.165) is 16.9 Å². The van der Waals surface area contributed by atoms with Crippen LogP contribution in [0.1, 0.15) is 40.1 Å². The second-order valence-corrected chi connectivity index (χ2v) is 3.91. The predicted molar refractivity (Wildman–Crippen MR) is 60.0 cm³/mol.